The Morgan fingerprint density at radius 3 is 1.67 bits per heavy atom. The van der Waals surface area contributed by atoms with Crippen LogP contribution in [-0.2, 0) is 15.5 Å². The number of benzene rings is 1. The van der Waals surface area contributed by atoms with Gasteiger partial charge in [0.2, 0.25) is 0 Å². The molecular weight excluding hydrogens is 355 g/mol. The molecule has 0 bridgehead atoms. The Labute approximate surface area is 169 Å². The average molecular weight is 397 g/mol. The molecule has 0 saturated carbocycles. The van der Waals surface area contributed by atoms with Crippen LogP contribution >= 0.6 is 8.60 Å². The van der Waals surface area contributed by atoms with Gasteiger partial charge in [-0.15, -0.1) is 0 Å². The van der Waals surface area contributed by atoms with E-state index < -0.39 is 8.60 Å². The van der Waals surface area contributed by atoms with E-state index in [1.54, 1.807) is 0 Å². The molecule has 0 heterocycles. The molecule has 0 aliphatic heterocycles. The average Bonchev–Trinajstić information content (AvgIpc) is 2.52. The molecule has 0 amide bonds. The predicted octanol–water partition coefficient (Wildman–Crippen LogP) is 8.22. The summed E-state index contributed by atoms with van der Waals surface area (Å²) in [6.45, 7) is 14.4. The van der Waals surface area contributed by atoms with Crippen LogP contribution in [0, 0.1) is 0 Å². The van der Waals surface area contributed by atoms with Crippen LogP contribution in [0.15, 0.2) is 24.3 Å². The molecule has 0 atom stereocenters. The van der Waals surface area contributed by atoms with Crippen LogP contribution in [-0.4, -0.2) is 11.2 Å². The molecule has 0 spiro atoms. The van der Waals surface area contributed by atoms with Crippen LogP contribution in [0.4, 0.5) is 0 Å². The van der Waals surface area contributed by atoms with Gasteiger partial charge in [0.1, 0.15) is 5.75 Å². The Morgan fingerprint density at radius 1 is 0.704 bits per heavy atom. The lowest BCUT2D eigenvalue weighted by atomic mass is 10.0. The molecule has 0 radical (unpaired) electrons. The molecule has 0 N–H and O–H groups in total. The molecule has 1 aromatic rings. The maximum absolute atomic E-state index is 6.02. The largest absolute Gasteiger partial charge is 0.427 e. The normalized spacial score (nSPS) is 12.6. The Hall–Kier alpha value is -0.630. The van der Waals surface area contributed by atoms with Crippen molar-refractivity contribution in [1.82, 2.24) is 0 Å². The monoisotopic (exact) mass is 396 g/mol. The minimum Gasteiger partial charge on any atom is -0.427 e. The molecule has 0 fully saturated rings. The molecule has 3 nitrogen and oxygen atoms in total. The Morgan fingerprint density at radius 2 is 1.19 bits per heavy atom. The standard InChI is InChI=1S/C23H41O3P/c1-8-9-10-11-12-13-14-15-20-16-18-21(19-17-20)24-27(25-22(2,3)4)26-23(5,6)7/h16-19H,8-15H2,1-7H3. The summed E-state index contributed by atoms with van der Waals surface area (Å²) in [4.78, 5) is 0. The molecule has 27 heavy (non-hydrogen) atoms. The van der Waals surface area contributed by atoms with Gasteiger partial charge in [0.15, 0.2) is 0 Å². The summed E-state index contributed by atoms with van der Waals surface area (Å²) in [5, 5.41) is 0. The molecule has 0 aliphatic carbocycles. The number of hydrogen-bond acceptors (Lipinski definition) is 3. The van der Waals surface area contributed by atoms with E-state index in [0.717, 1.165) is 12.2 Å². The van der Waals surface area contributed by atoms with Gasteiger partial charge in [-0.05, 0) is 72.1 Å². The van der Waals surface area contributed by atoms with Crippen molar-refractivity contribution in [1.29, 1.82) is 0 Å². The Kier molecular flexibility index (Phi) is 10.9. The predicted molar refractivity (Wildman–Crippen MR) is 117 cm³/mol. The number of rotatable bonds is 12. The van der Waals surface area contributed by atoms with Crippen LogP contribution in [0.1, 0.15) is 99.0 Å². The molecule has 0 aromatic heterocycles. The van der Waals surface area contributed by atoms with E-state index in [1.807, 2.05) is 53.7 Å². The molecule has 1 rings (SSSR count). The van der Waals surface area contributed by atoms with Crippen LogP contribution in [0.2, 0.25) is 0 Å². The van der Waals surface area contributed by atoms with Gasteiger partial charge in [-0.2, -0.15) is 0 Å². The zero-order chi connectivity index (χ0) is 20.3. The van der Waals surface area contributed by atoms with Gasteiger partial charge < -0.3 is 4.52 Å². The second-order valence-corrected chi connectivity index (χ2v) is 10.2. The van der Waals surface area contributed by atoms with E-state index in [2.05, 4.69) is 19.1 Å². The fourth-order valence-electron chi connectivity index (χ4n) is 2.59. The first-order valence-electron chi connectivity index (χ1n) is 10.5. The lowest BCUT2D eigenvalue weighted by molar-refractivity contribution is 0.0504. The third-order valence-electron chi connectivity index (χ3n) is 3.87. The van der Waals surface area contributed by atoms with E-state index in [9.17, 15) is 0 Å². The van der Waals surface area contributed by atoms with E-state index in [0.29, 0.717) is 0 Å². The zero-order valence-electron chi connectivity index (χ0n) is 18.6. The van der Waals surface area contributed by atoms with E-state index in [4.69, 9.17) is 13.6 Å². The molecular formula is C23H41O3P. The maximum atomic E-state index is 6.02. The first kappa shape index (κ1) is 24.4. The molecule has 0 saturated heterocycles. The molecule has 4 heteroatoms. The lowest BCUT2D eigenvalue weighted by Crippen LogP contribution is -2.23. The van der Waals surface area contributed by atoms with Gasteiger partial charge in [0, 0.05) is 0 Å². The topological polar surface area (TPSA) is 27.7 Å². The molecule has 1 aromatic carbocycles. The third kappa shape index (κ3) is 13.2. The summed E-state index contributed by atoms with van der Waals surface area (Å²) >= 11 is 0. The number of aryl methyl sites for hydroxylation is 1. The summed E-state index contributed by atoms with van der Waals surface area (Å²) in [7, 11) is -1.44. The van der Waals surface area contributed by atoms with Crippen molar-refractivity contribution in [2.24, 2.45) is 0 Å². The SMILES string of the molecule is CCCCCCCCCc1ccc(OP(OC(C)(C)C)OC(C)(C)C)cc1. The lowest BCUT2D eigenvalue weighted by Gasteiger charge is -2.30. The van der Waals surface area contributed by atoms with Gasteiger partial charge in [0.25, 0.3) is 0 Å². The van der Waals surface area contributed by atoms with Gasteiger partial charge in [0.05, 0.1) is 11.2 Å². The van der Waals surface area contributed by atoms with Crippen molar-refractivity contribution in [2.45, 2.75) is 111 Å². The molecule has 0 aliphatic rings. The van der Waals surface area contributed by atoms with Gasteiger partial charge in [-0.3, -0.25) is 9.05 Å². The summed E-state index contributed by atoms with van der Waals surface area (Å²) in [6, 6.07) is 8.39. The quantitative estimate of drug-likeness (QED) is 0.263. The zero-order valence-corrected chi connectivity index (χ0v) is 19.5. The summed E-state index contributed by atoms with van der Waals surface area (Å²) in [5.41, 5.74) is 0.746. The number of hydrogen-bond donors (Lipinski definition) is 0. The van der Waals surface area contributed by atoms with Gasteiger partial charge in [-0.1, -0.05) is 57.6 Å². The van der Waals surface area contributed by atoms with Gasteiger partial charge >= 0.3 is 8.60 Å². The van der Waals surface area contributed by atoms with Crippen LogP contribution in [0.5, 0.6) is 5.75 Å². The Balaban J connectivity index is 2.46. The van der Waals surface area contributed by atoms with Crippen LogP contribution in [0.3, 0.4) is 0 Å². The minimum atomic E-state index is -1.44. The highest BCUT2D eigenvalue weighted by Gasteiger charge is 2.28. The second-order valence-electron chi connectivity index (χ2n) is 9.24. The first-order valence-corrected chi connectivity index (χ1v) is 11.6. The van der Waals surface area contributed by atoms with Crippen molar-refractivity contribution in [3.63, 3.8) is 0 Å². The van der Waals surface area contributed by atoms with Crippen molar-refractivity contribution in [3.05, 3.63) is 29.8 Å². The van der Waals surface area contributed by atoms with Crippen molar-refractivity contribution < 1.29 is 13.6 Å². The highest BCUT2D eigenvalue weighted by Crippen LogP contribution is 2.47. The fraction of sp³-hybridized carbons (Fsp3) is 0.739. The first-order chi connectivity index (χ1) is 12.6. The van der Waals surface area contributed by atoms with E-state index in [1.165, 1.54) is 50.5 Å². The number of unbranched alkanes of at least 4 members (excludes halogenated alkanes) is 6. The van der Waals surface area contributed by atoms with Gasteiger partial charge in [-0.25, -0.2) is 0 Å². The highest BCUT2D eigenvalue weighted by atomic mass is 31.2. The van der Waals surface area contributed by atoms with Crippen LogP contribution < -0.4 is 4.52 Å². The van der Waals surface area contributed by atoms with Crippen molar-refractivity contribution in [2.75, 3.05) is 0 Å². The van der Waals surface area contributed by atoms with Crippen molar-refractivity contribution in [3.8, 4) is 5.75 Å². The van der Waals surface area contributed by atoms with E-state index in [-0.39, 0.29) is 11.2 Å². The molecule has 156 valence electrons. The van der Waals surface area contributed by atoms with E-state index >= 15 is 0 Å². The minimum absolute atomic E-state index is 0.311. The summed E-state index contributed by atoms with van der Waals surface area (Å²) in [5.74, 6) is 0.804. The fourth-order valence-corrected chi connectivity index (χ4v) is 3.89. The Bertz CT molecular complexity index is 484. The maximum Gasteiger partial charge on any atom is 0.398 e. The summed E-state index contributed by atoms with van der Waals surface area (Å²) in [6.07, 6.45) is 10.6. The highest BCUT2D eigenvalue weighted by molar-refractivity contribution is 7.42. The van der Waals surface area contributed by atoms with Crippen molar-refractivity contribution >= 4 is 8.60 Å². The second kappa shape index (κ2) is 12.0. The molecule has 0 unspecified atom stereocenters. The third-order valence-corrected chi connectivity index (χ3v) is 5.62. The smallest absolute Gasteiger partial charge is 0.398 e. The summed E-state index contributed by atoms with van der Waals surface area (Å²) < 4.78 is 18.0. The van der Waals surface area contributed by atoms with Crippen LogP contribution in [0.25, 0.3) is 0 Å².